The third-order valence-corrected chi connectivity index (χ3v) is 5.97. The minimum Gasteiger partial charge on any atom is -0.451 e. The van der Waals surface area contributed by atoms with Crippen molar-refractivity contribution in [3.63, 3.8) is 0 Å². The average Bonchev–Trinajstić information content (AvgIpc) is 3.14. The number of esters is 1. The van der Waals surface area contributed by atoms with Crippen LogP contribution in [0.2, 0.25) is 0 Å². The zero-order chi connectivity index (χ0) is 23.5. The summed E-state index contributed by atoms with van der Waals surface area (Å²) in [6.07, 6.45) is -3.69. The van der Waals surface area contributed by atoms with Crippen LogP contribution in [0.3, 0.4) is 0 Å². The van der Waals surface area contributed by atoms with Gasteiger partial charge in [-0.2, -0.15) is 13.2 Å². The quantitative estimate of drug-likeness (QED) is 0.470. The summed E-state index contributed by atoms with van der Waals surface area (Å²) in [5.41, 5.74) is 2.65. The van der Waals surface area contributed by atoms with Crippen LogP contribution >= 0.6 is 11.3 Å². The highest BCUT2D eigenvalue weighted by molar-refractivity contribution is 7.17. The Bertz CT molecular complexity index is 1140. The fourth-order valence-corrected chi connectivity index (χ4v) is 4.05. The van der Waals surface area contributed by atoms with Gasteiger partial charge in [0.05, 0.1) is 11.3 Å². The van der Waals surface area contributed by atoms with Crippen LogP contribution in [0.25, 0.3) is 10.6 Å². The number of hydrogen-bond acceptors (Lipinski definition) is 5. The molecule has 168 valence electrons. The summed E-state index contributed by atoms with van der Waals surface area (Å²) in [4.78, 5) is 29.2. The van der Waals surface area contributed by atoms with Crippen molar-refractivity contribution in [2.45, 2.75) is 33.4 Å². The summed E-state index contributed by atoms with van der Waals surface area (Å²) in [6, 6.07) is 10.2. The number of ether oxygens (including phenoxy) is 1. The molecule has 0 bridgehead atoms. The van der Waals surface area contributed by atoms with E-state index < -0.39 is 30.2 Å². The van der Waals surface area contributed by atoms with Crippen molar-refractivity contribution < 1.29 is 27.5 Å². The molecule has 1 N–H and O–H groups in total. The number of alkyl halides is 3. The van der Waals surface area contributed by atoms with Crippen LogP contribution < -0.4 is 5.32 Å². The maximum atomic E-state index is 12.7. The van der Waals surface area contributed by atoms with E-state index in [2.05, 4.69) is 10.3 Å². The summed E-state index contributed by atoms with van der Waals surface area (Å²) in [7, 11) is 0. The molecule has 3 aromatic rings. The first-order valence-electron chi connectivity index (χ1n) is 9.80. The number of rotatable bonds is 6. The molecule has 0 aliphatic carbocycles. The molecule has 3 rings (SSSR count). The Hall–Kier alpha value is -3.20. The van der Waals surface area contributed by atoms with Gasteiger partial charge >= 0.3 is 12.1 Å². The Labute approximate surface area is 187 Å². The first-order chi connectivity index (χ1) is 15.1. The van der Waals surface area contributed by atoms with Crippen molar-refractivity contribution in [2.24, 2.45) is 0 Å². The number of nitrogens with zero attached hydrogens (tertiary/aromatic N) is 1. The van der Waals surface area contributed by atoms with Crippen molar-refractivity contribution >= 4 is 28.9 Å². The molecule has 1 amide bonds. The summed E-state index contributed by atoms with van der Waals surface area (Å²) >= 11 is 1.000. The zero-order valence-corrected chi connectivity index (χ0v) is 18.5. The average molecular weight is 462 g/mol. The predicted octanol–water partition coefficient (Wildman–Crippen LogP) is 5.80. The molecule has 0 atom stereocenters. The van der Waals surface area contributed by atoms with Crippen LogP contribution in [-0.2, 0) is 22.1 Å². The summed E-state index contributed by atoms with van der Waals surface area (Å²) in [5.74, 6) is -1.18. The summed E-state index contributed by atoms with van der Waals surface area (Å²) in [5, 5.41) is 3.17. The Morgan fingerprint density at radius 2 is 1.78 bits per heavy atom. The lowest BCUT2D eigenvalue weighted by Gasteiger charge is -2.13. The van der Waals surface area contributed by atoms with Crippen LogP contribution in [0.4, 0.5) is 18.9 Å². The van der Waals surface area contributed by atoms with Crippen LogP contribution in [0.5, 0.6) is 0 Å². The van der Waals surface area contributed by atoms with Gasteiger partial charge in [-0.25, -0.2) is 9.78 Å². The fourth-order valence-electron chi connectivity index (χ4n) is 3.09. The van der Waals surface area contributed by atoms with Gasteiger partial charge in [0.15, 0.2) is 6.61 Å². The van der Waals surface area contributed by atoms with Crippen LogP contribution in [0.1, 0.15) is 39.0 Å². The SMILES string of the molecule is CCc1cccc(C)c1NC(=O)COC(=O)c1sc(-c2ccc(C(F)(F)F)cc2)nc1C. The molecule has 32 heavy (non-hydrogen) atoms. The number of nitrogens with one attached hydrogen (secondary N) is 1. The van der Waals surface area contributed by atoms with Gasteiger partial charge < -0.3 is 10.1 Å². The second-order valence-corrected chi connectivity index (χ2v) is 8.09. The highest BCUT2D eigenvalue weighted by Gasteiger charge is 2.30. The third kappa shape index (κ3) is 5.34. The number of aryl methyl sites for hydroxylation is 3. The van der Waals surface area contributed by atoms with E-state index in [-0.39, 0.29) is 4.88 Å². The maximum absolute atomic E-state index is 12.7. The fraction of sp³-hybridized carbons (Fsp3) is 0.261. The first kappa shape index (κ1) is 23.5. The molecule has 1 aromatic heterocycles. The van der Waals surface area contributed by atoms with E-state index in [1.54, 1.807) is 6.92 Å². The molecule has 5 nitrogen and oxygen atoms in total. The predicted molar refractivity (Wildman–Crippen MR) is 117 cm³/mol. The molecule has 1 heterocycles. The number of carbonyl (C=O) groups is 2. The second-order valence-electron chi connectivity index (χ2n) is 7.10. The molecule has 0 aliphatic heterocycles. The highest BCUT2D eigenvalue weighted by atomic mass is 32.1. The topological polar surface area (TPSA) is 68.3 Å². The molecule has 0 aliphatic rings. The summed E-state index contributed by atoms with van der Waals surface area (Å²) < 4.78 is 43.4. The molecule has 0 fully saturated rings. The lowest BCUT2D eigenvalue weighted by molar-refractivity contribution is -0.137. The monoisotopic (exact) mass is 462 g/mol. The Morgan fingerprint density at radius 3 is 2.41 bits per heavy atom. The lowest BCUT2D eigenvalue weighted by Crippen LogP contribution is -2.22. The van der Waals surface area contributed by atoms with Crippen molar-refractivity contribution in [1.29, 1.82) is 0 Å². The van der Waals surface area contributed by atoms with Gasteiger partial charge in [-0.3, -0.25) is 4.79 Å². The Kier molecular flexibility index (Phi) is 6.98. The standard InChI is InChI=1S/C23H21F3N2O3S/c1-4-15-7-5-6-13(2)19(15)28-18(29)12-31-22(30)20-14(3)27-21(32-20)16-8-10-17(11-9-16)23(24,25)26/h5-11H,4,12H2,1-3H3,(H,28,29). The van der Waals surface area contributed by atoms with Gasteiger partial charge in [0.1, 0.15) is 9.88 Å². The molecule has 0 saturated carbocycles. The third-order valence-electron chi connectivity index (χ3n) is 4.78. The molecule has 2 aromatic carbocycles. The second kappa shape index (κ2) is 9.52. The van der Waals surface area contributed by atoms with Crippen molar-refractivity contribution in [3.05, 3.63) is 69.7 Å². The van der Waals surface area contributed by atoms with E-state index in [4.69, 9.17) is 4.74 Å². The molecule has 0 saturated heterocycles. The van der Waals surface area contributed by atoms with Gasteiger partial charge in [0.2, 0.25) is 0 Å². The molecule has 0 unspecified atom stereocenters. The van der Waals surface area contributed by atoms with Gasteiger partial charge in [0, 0.05) is 11.3 Å². The molecular formula is C23H21F3N2O3S. The molecule has 9 heteroatoms. The van der Waals surface area contributed by atoms with E-state index in [0.29, 0.717) is 22.0 Å². The van der Waals surface area contributed by atoms with E-state index in [9.17, 15) is 22.8 Å². The normalized spacial score (nSPS) is 11.3. The maximum Gasteiger partial charge on any atom is 0.416 e. The van der Waals surface area contributed by atoms with E-state index in [1.165, 1.54) is 12.1 Å². The van der Waals surface area contributed by atoms with Crippen LogP contribution in [0, 0.1) is 13.8 Å². The highest BCUT2D eigenvalue weighted by Crippen LogP contribution is 2.33. The van der Waals surface area contributed by atoms with Crippen molar-refractivity contribution in [2.75, 3.05) is 11.9 Å². The Morgan fingerprint density at radius 1 is 1.09 bits per heavy atom. The van der Waals surface area contributed by atoms with E-state index >= 15 is 0 Å². The largest absolute Gasteiger partial charge is 0.451 e. The lowest BCUT2D eigenvalue weighted by atomic mass is 10.1. The summed E-state index contributed by atoms with van der Waals surface area (Å²) in [6.45, 7) is 4.99. The number of amides is 1. The molecule has 0 radical (unpaired) electrons. The van der Waals surface area contributed by atoms with Crippen molar-refractivity contribution in [3.8, 4) is 10.6 Å². The minimum atomic E-state index is -4.43. The number of halogens is 3. The zero-order valence-electron chi connectivity index (χ0n) is 17.7. The van der Waals surface area contributed by atoms with Gasteiger partial charge in [-0.15, -0.1) is 11.3 Å². The number of carbonyl (C=O) groups excluding carboxylic acids is 2. The number of aromatic nitrogens is 1. The first-order valence-corrected chi connectivity index (χ1v) is 10.6. The number of benzene rings is 2. The van der Waals surface area contributed by atoms with Crippen LogP contribution in [-0.4, -0.2) is 23.5 Å². The van der Waals surface area contributed by atoms with Gasteiger partial charge in [-0.05, 0) is 43.5 Å². The Balaban J connectivity index is 1.66. The molecule has 0 spiro atoms. The number of para-hydroxylation sites is 1. The number of anilines is 1. The van der Waals surface area contributed by atoms with Gasteiger partial charge in [-0.1, -0.05) is 37.3 Å². The molecular weight excluding hydrogens is 441 g/mol. The smallest absolute Gasteiger partial charge is 0.416 e. The van der Waals surface area contributed by atoms with E-state index in [0.717, 1.165) is 41.0 Å². The number of thiazole rings is 1. The number of hydrogen-bond donors (Lipinski definition) is 1. The van der Waals surface area contributed by atoms with Gasteiger partial charge in [0.25, 0.3) is 5.91 Å². The van der Waals surface area contributed by atoms with Crippen molar-refractivity contribution in [1.82, 2.24) is 4.98 Å². The minimum absolute atomic E-state index is 0.192. The van der Waals surface area contributed by atoms with E-state index in [1.807, 2.05) is 32.0 Å². The van der Waals surface area contributed by atoms with Crippen LogP contribution in [0.15, 0.2) is 42.5 Å².